The molecule has 4 aromatic rings. The zero-order chi connectivity index (χ0) is 19.7. The van der Waals surface area contributed by atoms with Crippen LogP contribution in [0.4, 0.5) is 0 Å². The average molecular weight is 431 g/mol. The van der Waals surface area contributed by atoms with E-state index in [1.165, 1.54) is 11.3 Å². The minimum absolute atomic E-state index is 0.295. The highest BCUT2D eigenvalue weighted by Gasteiger charge is 2.15. The van der Waals surface area contributed by atoms with Gasteiger partial charge in [-0.05, 0) is 29.0 Å². The van der Waals surface area contributed by atoms with Gasteiger partial charge in [0.05, 0.1) is 26.9 Å². The number of amides is 1. The first-order valence-electron chi connectivity index (χ1n) is 8.63. The summed E-state index contributed by atoms with van der Waals surface area (Å²) in [7, 11) is 1.63. The van der Waals surface area contributed by atoms with E-state index in [1.807, 2.05) is 47.0 Å². The molecule has 0 aliphatic rings. The standard InChI is InChI=1S/C21H16Cl2N2O2S/c1-27-12-11-25-19-17(10-9-16(22)18(19)23)28-21(25)24-20(26)15-8-4-6-13-5-2-3-7-14(13)15/h2-10H,11-12H2,1H3. The quantitative estimate of drug-likeness (QED) is 0.425. The second-order valence-electron chi connectivity index (χ2n) is 6.18. The second kappa shape index (κ2) is 8.05. The largest absolute Gasteiger partial charge is 0.383 e. The van der Waals surface area contributed by atoms with Crippen molar-refractivity contribution in [1.82, 2.24) is 4.57 Å². The lowest BCUT2D eigenvalue weighted by atomic mass is 10.0. The van der Waals surface area contributed by atoms with Gasteiger partial charge in [-0.15, -0.1) is 0 Å². The van der Waals surface area contributed by atoms with E-state index in [9.17, 15) is 4.79 Å². The number of fused-ring (bicyclic) bond motifs is 2. The maximum atomic E-state index is 13.0. The summed E-state index contributed by atoms with van der Waals surface area (Å²) in [6.45, 7) is 0.975. The van der Waals surface area contributed by atoms with E-state index < -0.39 is 0 Å². The van der Waals surface area contributed by atoms with Crippen molar-refractivity contribution in [3.8, 4) is 0 Å². The highest BCUT2D eigenvalue weighted by Crippen LogP contribution is 2.32. The molecule has 0 radical (unpaired) electrons. The summed E-state index contributed by atoms with van der Waals surface area (Å²) >= 11 is 14.0. The fraction of sp³-hybridized carbons (Fsp3) is 0.143. The molecule has 7 heteroatoms. The number of rotatable bonds is 4. The van der Waals surface area contributed by atoms with Gasteiger partial charge in [0.2, 0.25) is 0 Å². The summed E-state index contributed by atoms with van der Waals surface area (Å²) in [6.07, 6.45) is 0. The first-order chi connectivity index (χ1) is 13.6. The number of carbonyl (C=O) groups excluding carboxylic acids is 1. The molecule has 1 heterocycles. The molecule has 1 aromatic heterocycles. The van der Waals surface area contributed by atoms with Crippen LogP contribution in [-0.4, -0.2) is 24.2 Å². The maximum Gasteiger partial charge on any atom is 0.280 e. The number of hydrogen-bond acceptors (Lipinski definition) is 3. The predicted molar refractivity (Wildman–Crippen MR) is 116 cm³/mol. The van der Waals surface area contributed by atoms with Crippen molar-refractivity contribution in [1.29, 1.82) is 0 Å². The number of methoxy groups -OCH3 is 1. The van der Waals surface area contributed by atoms with Gasteiger partial charge in [0.1, 0.15) is 0 Å². The number of nitrogens with zero attached hydrogens (tertiary/aromatic N) is 2. The number of benzene rings is 3. The number of aromatic nitrogens is 1. The smallest absolute Gasteiger partial charge is 0.280 e. The Kier molecular flexibility index (Phi) is 5.51. The fourth-order valence-corrected chi connectivity index (χ4v) is 4.68. The van der Waals surface area contributed by atoms with Gasteiger partial charge in [-0.25, -0.2) is 0 Å². The summed E-state index contributed by atoms with van der Waals surface area (Å²) in [4.78, 5) is 18.0. The van der Waals surface area contributed by atoms with E-state index in [1.54, 1.807) is 19.2 Å². The second-order valence-corrected chi connectivity index (χ2v) is 7.98. The molecule has 0 spiro atoms. The van der Waals surface area contributed by atoms with Crippen LogP contribution < -0.4 is 4.80 Å². The van der Waals surface area contributed by atoms with Gasteiger partial charge in [0, 0.05) is 19.2 Å². The van der Waals surface area contributed by atoms with Crippen molar-refractivity contribution in [2.75, 3.05) is 13.7 Å². The van der Waals surface area contributed by atoms with Gasteiger partial charge in [-0.1, -0.05) is 70.9 Å². The Balaban J connectivity index is 1.91. The van der Waals surface area contributed by atoms with Crippen LogP contribution in [0.5, 0.6) is 0 Å². The van der Waals surface area contributed by atoms with Crippen molar-refractivity contribution < 1.29 is 9.53 Å². The number of ether oxygens (including phenoxy) is 1. The van der Waals surface area contributed by atoms with Crippen LogP contribution in [0.15, 0.2) is 59.6 Å². The lowest BCUT2D eigenvalue weighted by Gasteiger charge is -2.07. The molecular formula is C21H16Cl2N2O2S. The minimum atomic E-state index is -0.295. The first-order valence-corrected chi connectivity index (χ1v) is 10.2. The Hall–Kier alpha value is -2.18. The van der Waals surface area contributed by atoms with Crippen LogP contribution in [0.1, 0.15) is 10.4 Å². The van der Waals surface area contributed by atoms with Crippen LogP contribution in [0, 0.1) is 0 Å². The molecule has 0 N–H and O–H groups in total. The van der Waals surface area contributed by atoms with Gasteiger partial charge < -0.3 is 9.30 Å². The molecular weight excluding hydrogens is 415 g/mol. The van der Waals surface area contributed by atoms with Gasteiger partial charge in [-0.2, -0.15) is 4.99 Å². The molecule has 0 saturated heterocycles. The van der Waals surface area contributed by atoms with Crippen molar-refractivity contribution in [3.63, 3.8) is 0 Å². The SMILES string of the molecule is COCCn1c(=NC(=O)c2cccc3ccccc23)sc2ccc(Cl)c(Cl)c21. The molecule has 4 nitrogen and oxygen atoms in total. The maximum absolute atomic E-state index is 13.0. The normalized spacial score (nSPS) is 12.2. The van der Waals surface area contributed by atoms with E-state index >= 15 is 0 Å². The highest BCUT2D eigenvalue weighted by atomic mass is 35.5. The third-order valence-corrected chi connectivity index (χ3v) is 6.31. The number of thiazole rings is 1. The molecule has 28 heavy (non-hydrogen) atoms. The molecule has 0 unspecified atom stereocenters. The number of carbonyl (C=O) groups is 1. The summed E-state index contributed by atoms with van der Waals surface area (Å²) in [6, 6.07) is 17.1. The van der Waals surface area contributed by atoms with Gasteiger partial charge in [0.25, 0.3) is 5.91 Å². The Bertz CT molecular complexity index is 1260. The molecule has 3 aromatic carbocycles. The predicted octanol–water partition coefficient (Wildman–Crippen LogP) is 5.55. The monoisotopic (exact) mass is 430 g/mol. The summed E-state index contributed by atoms with van der Waals surface area (Å²) in [5, 5.41) is 2.79. The van der Waals surface area contributed by atoms with Crippen LogP contribution >= 0.6 is 34.5 Å². The molecule has 0 saturated carbocycles. The van der Waals surface area contributed by atoms with Gasteiger partial charge in [-0.3, -0.25) is 4.79 Å². The number of hydrogen-bond donors (Lipinski definition) is 0. The summed E-state index contributed by atoms with van der Waals surface area (Å²) < 4.78 is 8.02. The lowest BCUT2D eigenvalue weighted by molar-refractivity contribution is 0.0999. The Labute approximate surface area is 175 Å². The minimum Gasteiger partial charge on any atom is -0.383 e. The molecule has 0 aliphatic heterocycles. The van der Waals surface area contributed by atoms with Gasteiger partial charge >= 0.3 is 0 Å². The van der Waals surface area contributed by atoms with Crippen LogP contribution in [-0.2, 0) is 11.3 Å². The van der Waals surface area contributed by atoms with Gasteiger partial charge in [0.15, 0.2) is 4.80 Å². The molecule has 1 amide bonds. The van der Waals surface area contributed by atoms with E-state index in [2.05, 4.69) is 4.99 Å². The molecule has 4 rings (SSSR count). The third kappa shape index (κ3) is 3.47. The Morgan fingerprint density at radius 3 is 2.71 bits per heavy atom. The lowest BCUT2D eigenvalue weighted by Crippen LogP contribution is -2.19. The summed E-state index contributed by atoms with van der Waals surface area (Å²) in [5.74, 6) is -0.295. The molecule has 0 atom stereocenters. The van der Waals surface area contributed by atoms with E-state index in [0.29, 0.717) is 33.6 Å². The van der Waals surface area contributed by atoms with Crippen molar-refractivity contribution >= 4 is 61.4 Å². The zero-order valence-electron chi connectivity index (χ0n) is 15.0. The molecule has 142 valence electrons. The van der Waals surface area contributed by atoms with Crippen LogP contribution in [0.2, 0.25) is 10.0 Å². The van der Waals surface area contributed by atoms with Crippen molar-refractivity contribution in [2.45, 2.75) is 6.54 Å². The van der Waals surface area contributed by atoms with Crippen molar-refractivity contribution in [3.05, 3.63) is 75.0 Å². The zero-order valence-corrected chi connectivity index (χ0v) is 17.3. The van der Waals surface area contributed by atoms with E-state index in [-0.39, 0.29) is 5.91 Å². The van der Waals surface area contributed by atoms with Crippen molar-refractivity contribution in [2.24, 2.45) is 4.99 Å². The van der Waals surface area contributed by atoms with E-state index in [0.717, 1.165) is 21.0 Å². The molecule has 0 bridgehead atoms. The Morgan fingerprint density at radius 2 is 1.89 bits per heavy atom. The highest BCUT2D eigenvalue weighted by molar-refractivity contribution is 7.16. The fourth-order valence-electron chi connectivity index (χ4n) is 3.14. The van der Waals surface area contributed by atoms with Crippen LogP contribution in [0.25, 0.3) is 21.0 Å². The molecule has 0 aliphatic carbocycles. The molecule has 0 fully saturated rings. The number of halogens is 2. The Morgan fingerprint density at radius 1 is 1.11 bits per heavy atom. The third-order valence-electron chi connectivity index (χ3n) is 4.47. The van der Waals surface area contributed by atoms with E-state index in [4.69, 9.17) is 27.9 Å². The first kappa shape index (κ1) is 19.2. The average Bonchev–Trinajstić information content (AvgIpc) is 3.06. The topological polar surface area (TPSA) is 43.6 Å². The van der Waals surface area contributed by atoms with Crippen LogP contribution in [0.3, 0.4) is 0 Å². The summed E-state index contributed by atoms with van der Waals surface area (Å²) in [5.41, 5.74) is 1.33.